The molecule has 8 aromatic carbocycles. The minimum Gasteiger partial charge on any atom is -0.310 e. The van der Waals surface area contributed by atoms with E-state index in [1.54, 1.807) is 0 Å². The molecule has 0 saturated heterocycles. The normalized spacial score (nSPS) is 11.6. The highest BCUT2D eigenvalue weighted by Gasteiger charge is 2.22. The Labute approximate surface area is 326 Å². The molecule has 0 spiro atoms. The fraction of sp³-hybridized carbons (Fsp3) is 0. The molecule has 0 aliphatic heterocycles. The van der Waals surface area contributed by atoms with Gasteiger partial charge in [-0.2, -0.15) is 0 Å². The van der Waals surface area contributed by atoms with Crippen LogP contribution in [0.25, 0.3) is 88.4 Å². The third kappa shape index (κ3) is 5.10. The third-order valence-corrected chi connectivity index (χ3v) is 11.0. The first-order valence-corrected chi connectivity index (χ1v) is 18.2. The Kier molecular flexibility index (Phi) is 7.82. The molecule has 0 bridgehead atoms. The standard InChI is InChI=1S/C48H27B5N2/c49-43-44(50)46(52)48(47(53)45(43)51)55-40-25-23-31(54-38-20-9-7-16-34(38)35-17-8-10-21-39(35)54)27-37(40)36-24-22-30(26-41(36)55)42-32(28-12-3-1-4-13-28)18-11-19-33(42)29-14-5-2-6-15-29/h1-27H. The van der Waals surface area contributed by atoms with Crippen molar-refractivity contribution in [1.82, 2.24) is 9.13 Å². The number of nitrogens with zero attached hydrogens (tertiary/aromatic N) is 2. The molecule has 0 unspecified atom stereocenters. The zero-order chi connectivity index (χ0) is 37.4. The van der Waals surface area contributed by atoms with Gasteiger partial charge >= 0.3 is 0 Å². The fourth-order valence-electron chi connectivity index (χ4n) is 8.40. The van der Waals surface area contributed by atoms with Gasteiger partial charge < -0.3 is 9.13 Å². The van der Waals surface area contributed by atoms with Gasteiger partial charge in [0.05, 0.1) is 22.1 Å². The summed E-state index contributed by atoms with van der Waals surface area (Å²) >= 11 is 0. The Morgan fingerprint density at radius 3 is 1.38 bits per heavy atom. The van der Waals surface area contributed by atoms with Gasteiger partial charge in [-0.1, -0.05) is 138 Å². The van der Waals surface area contributed by atoms with E-state index in [1.807, 2.05) is 12.1 Å². The van der Waals surface area contributed by atoms with Gasteiger partial charge in [0.25, 0.3) is 0 Å². The van der Waals surface area contributed by atoms with Crippen LogP contribution in [0.4, 0.5) is 0 Å². The first-order valence-electron chi connectivity index (χ1n) is 18.2. The molecule has 0 atom stereocenters. The molecular formula is C48H27B5N2. The number of hydrogen-bond acceptors (Lipinski definition) is 0. The lowest BCUT2D eigenvalue weighted by Crippen LogP contribution is -2.56. The van der Waals surface area contributed by atoms with E-state index in [1.165, 1.54) is 10.8 Å². The summed E-state index contributed by atoms with van der Waals surface area (Å²) in [5.41, 5.74) is 13.4. The molecule has 0 aliphatic rings. The molecule has 0 fully saturated rings. The first-order chi connectivity index (χ1) is 26.9. The Morgan fingerprint density at radius 2 is 0.800 bits per heavy atom. The number of aromatic nitrogens is 2. The molecule has 2 nitrogen and oxygen atoms in total. The smallest absolute Gasteiger partial charge is 0.115 e. The van der Waals surface area contributed by atoms with Crippen LogP contribution in [0.15, 0.2) is 164 Å². The average molecular weight is 686 g/mol. The molecule has 0 saturated carbocycles. The summed E-state index contributed by atoms with van der Waals surface area (Å²) in [5, 5.41) is 4.44. The fourth-order valence-corrected chi connectivity index (χ4v) is 8.40. The maximum Gasteiger partial charge on any atom is 0.115 e. The Balaban J connectivity index is 1.31. The van der Waals surface area contributed by atoms with Gasteiger partial charge in [-0.25, -0.2) is 0 Å². The second kappa shape index (κ2) is 12.9. The second-order valence-corrected chi connectivity index (χ2v) is 14.0. The van der Waals surface area contributed by atoms with E-state index in [2.05, 4.69) is 161 Å². The summed E-state index contributed by atoms with van der Waals surface area (Å²) in [4.78, 5) is 0. The van der Waals surface area contributed by atoms with Crippen molar-refractivity contribution < 1.29 is 0 Å². The van der Waals surface area contributed by atoms with Crippen LogP contribution in [0.3, 0.4) is 0 Å². The van der Waals surface area contributed by atoms with Crippen LogP contribution in [0.1, 0.15) is 0 Å². The van der Waals surface area contributed by atoms with Crippen LogP contribution in [0.2, 0.25) is 0 Å². The largest absolute Gasteiger partial charge is 0.310 e. The van der Waals surface area contributed by atoms with E-state index in [-0.39, 0.29) is 27.3 Å². The van der Waals surface area contributed by atoms with Crippen molar-refractivity contribution in [2.24, 2.45) is 0 Å². The summed E-state index contributed by atoms with van der Waals surface area (Å²) in [5.74, 6) is 0. The molecule has 0 aliphatic carbocycles. The van der Waals surface area contributed by atoms with E-state index >= 15 is 0 Å². The zero-order valence-corrected chi connectivity index (χ0v) is 29.9. The maximum absolute atomic E-state index is 6.84. The van der Waals surface area contributed by atoms with Crippen molar-refractivity contribution in [3.8, 4) is 44.8 Å². The minimum absolute atomic E-state index is 0.179. The van der Waals surface area contributed by atoms with Gasteiger partial charge in [-0.3, -0.25) is 0 Å². The quantitative estimate of drug-likeness (QED) is 0.176. The molecule has 0 amide bonds. The van der Waals surface area contributed by atoms with Crippen LogP contribution < -0.4 is 27.3 Å². The number of fused-ring (bicyclic) bond motifs is 6. The molecule has 10 aromatic rings. The summed E-state index contributed by atoms with van der Waals surface area (Å²) in [6.07, 6.45) is 0. The summed E-state index contributed by atoms with van der Waals surface area (Å²) < 4.78 is 4.42. The van der Waals surface area contributed by atoms with Gasteiger partial charge in [0.15, 0.2) is 0 Å². The topological polar surface area (TPSA) is 9.86 Å². The van der Waals surface area contributed by atoms with Crippen molar-refractivity contribution in [2.45, 2.75) is 0 Å². The van der Waals surface area contributed by atoms with Crippen LogP contribution in [0, 0.1) is 0 Å². The van der Waals surface area contributed by atoms with Crippen LogP contribution in [0.5, 0.6) is 0 Å². The number of para-hydroxylation sites is 2. The third-order valence-electron chi connectivity index (χ3n) is 11.0. The SMILES string of the molecule is [B]c1c([B])c([B])c(-n2c3ccc(-n4c5ccccc5c5ccccc54)cc3c3ccc(-c4c(-c5ccccc5)cccc4-c4ccccc4)cc32)c([B])c1[B]. The number of rotatable bonds is 5. The van der Waals surface area contributed by atoms with Gasteiger partial charge in [-0.05, 0) is 69.8 Å². The highest BCUT2D eigenvalue weighted by atomic mass is 15.0. The number of benzene rings is 8. The van der Waals surface area contributed by atoms with Gasteiger partial charge in [0.1, 0.15) is 39.2 Å². The second-order valence-electron chi connectivity index (χ2n) is 14.0. The first kappa shape index (κ1) is 33.3. The number of hydrogen-bond donors (Lipinski definition) is 0. The Morgan fingerprint density at radius 1 is 0.309 bits per heavy atom. The van der Waals surface area contributed by atoms with Crippen molar-refractivity contribution in [3.63, 3.8) is 0 Å². The van der Waals surface area contributed by atoms with Gasteiger partial charge in [-0.15, -0.1) is 16.4 Å². The zero-order valence-electron chi connectivity index (χ0n) is 29.9. The predicted molar refractivity (Wildman–Crippen MR) is 238 cm³/mol. The van der Waals surface area contributed by atoms with E-state index in [0.717, 1.165) is 71.9 Å². The highest BCUT2D eigenvalue weighted by molar-refractivity contribution is 6.68. The molecular weight excluding hydrogens is 659 g/mol. The lowest BCUT2D eigenvalue weighted by atomic mass is 9.61. The monoisotopic (exact) mass is 686 g/mol. The lowest BCUT2D eigenvalue weighted by molar-refractivity contribution is 1.18. The average Bonchev–Trinajstić information content (AvgIpc) is 3.74. The molecule has 0 N–H and O–H groups in total. The van der Waals surface area contributed by atoms with Crippen molar-refractivity contribution >= 4 is 110 Å². The Bertz CT molecular complexity index is 3000. The lowest BCUT2D eigenvalue weighted by Gasteiger charge is -2.23. The minimum atomic E-state index is 0.179. The molecule has 55 heavy (non-hydrogen) atoms. The van der Waals surface area contributed by atoms with Crippen LogP contribution >= 0.6 is 0 Å². The van der Waals surface area contributed by atoms with Crippen LogP contribution in [-0.4, -0.2) is 48.4 Å². The van der Waals surface area contributed by atoms with Crippen molar-refractivity contribution in [3.05, 3.63) is 164 Å². The molecule has 244 valence electrons. The maximum atomic E-state index is 6.84. The molecule has 7 heteroatoms. The predicted octanol–water partition coefficient (Wildman–Crippen LogP) is 6.85. The van der Waals surface area contributed by atoms with Gasteiger partial charge in [0.2, 0.25) is 0 Å². The Hall–Kier alpha value is -6.32. The highest BCUT2D eigenvalue weighted by Crippen LogP contribution is 2.43. The van der Waals surface area contributed by atoms with E-state index in [9.17, 15) is 0 Å². The summed E-state index contributed by atoms with van der Waals surface area (Å²) in [6, 6.07) is 57.7. The van der Waals surface area contributed by atoms with E-state index in [0.29, 0.717) is 5.69 Å². The van der Waals surface area contributed by atoms with Crippen molar-refractivity contribution in [1.29, 1.82) is 0 Å². The molecule has 2 aromatic heterocycles. The van der Waals surface area contributed by atoms with Gasteiger partial charge in [0, 0.05) is 32.9 Å². The van der Waals surface area contributed by atoms with E-state index < -0.39 is 0 Å². The molecule has 10 rings (SSSR count). The van der Waals surface area contributed by atoms with E-state index in [4.69, 9.17) is 39.2 Å². The molecule has 10 radical (unpaired) electrons. The van der Waals surface area contributed by atoms with Crippen molar-refractivity contribution in [2.75, 3.05) is 0 Å². The summed E-state index contributed by atoms with van der Waals surface area (Å²) in [7, 11) is 33.1. The molecule has 2 heterocycles. The summed E-state index contributed by atoms with van der Waals surface area (Å²) in [6.45, 7) is 0. The van der Waals surface area contributed by atoms with Crippen LogP contribution in [-0.2, 0) is 0 Å².